The van der Waals surface area contributed by atoms with Crippen molar-refractivity contribution >= 4 is 39.1 Å². The van der Waals surface area contributed by atoms with Gasteiger partial charge in [0.15, 0.2) is 0 Å². The van der Waals surface area contributed by atoms with E-state index in [-0.39, 0.29) is 18.7 Å². The first-order valence-corrected chi connectivity index (χ1v) is 14.6. The Bertz CT molecular complexity index is 1410. The van der Waals surface area contributed by atoms with Gasteiger partial charge in [-0.1, -0.05) is 60.1 Å². The third-order valence-electron chi connectivity index (χ3n) is 5.79. The number of rotatable bonds is 10. The summed E-state index contributed by atoms with van der Waals surface area (Å²) in [6.45, 7) is 4.88. The first-order chi connectivity index (χ1) is 18.2. The topological polar surface area (TPSA) is 86.8 Å². The SMILES string of the molecule is CC(C)(C)NC(=O)C(Cc1ccccc1)N(Cc1cccc(Cl)c1)C(=O)CN(c1cccc(F)c1)S(C)(=O)=O. The second-order valence-electron chi connectivity index (χ2n) is 10.3. The number of halogens is 2. The van der Waals surface area contributed by atoms with Gasteiger partial charge in [0.1, 0.15) is 18.4 Å². The molecule has 1 atom stereocenters. The average Bonchev–Trinajstić information content (AvgIpc) is 2.83. The fraction of sp³-hybridized carbons (Fsp3) is 0.310. The second kappa shape index (κ2) is 12.6. The van der Waals surface area contributed by atoms with E-state index in [2.05, 4.69) is 5.32 Å². The molecule has 7 nitrogen and oxygen atoms in total. The summed E-state index contributed by atoms with van der Waals surface area (Å²) in [5.41, 5.74) is 0.902. The van der Waals surface area contributed by atoms with Crippen molar-refractivity contribution in [1.29, 1.82) is 0 Å². The van der Waals surface area contributed by atoms with Crippen LogP contribution >= 0.6 is 11.6 Å². The smallest absolute Gasteiger partial charge is 0.244 e. The molecule has 0 aliphatic heterocycles. The molecule has 0 bridgehead atoms. The number of benzene rings is 3. The molecule has 3 rings (SSSR count). The molecule has 0 saturated heterocycles. The molecule has 3 aromatic carbocycles. The van der Waals surface area contributed by atoms with E-state index in [1.54, 1.807) is 24.3 Å². The van der Waals surface area contributed by atoms with Gasteiger partial charge in [-0.15, -0.1) is 0 Å². The van der Waals surface area contributed by atoms with Crippen molar-refractivity contribution in [2.45, 2.75) is 45.3 Å². The lowest BCUT2D eigenvalue weighted by Gasteiger charge is -2.35. The number of hydrogen-bond acceptors (Lipinski definition) is 4. The Morgan fingerprint density at radius 1 is 0.949 bits per heavy atom. The summed E-state index contributed by atoms with van der Waals surface area (Å²) in [4.78, 5) is 29.0. The second-order valence-corrected chi connectivity index (χ2v) is 12.7. The van der Waals surface area contributed by atoms with Crippen LogP contribution in [-0.2, 0) is 32.6 Å². The summed E-state index contributed by atoms with van der Waals surface area (Å²) in [5, 5.41) is 3.41. The fourth-order valence-corrected chi connectivity index (χ4v) is 5.14. The van der Waals surface area contributed by atoms with Crippen molar-refractivity contribution in [2.75, 3.05) is 17.1 Å². The number of nitrogens with one attached hydrogen (secondary N) is 1. The van der Waals surface area contributed by atoms with Gasteiger partial charge >= 0.3 is 0 Å². The quantitative estimate of drug-likeness (QED) is 0.377. The Morgan fingerprint density at radius 2 is 1.59 bits per heavy atom. The van der Waals surface area contributed by atoms with Crippen LogP contribution in [0.4, 0.5) is 10.1 Å². The number of hydrogen-bond donors (Lipinski definition) is 1. The maximum Gasteiger partial charge on any atom is 0.244 e. The molecule has 39 heavy (non-hydrogen) atoms. The Morgan fingerprint density at radius 3 is 2.18 bits per heavy atom. The van der Waals surface area contributed by atoms with Crippen LogP contribution in [0.1, 0.15) is 31.9 Å². The molecular weight excluding hydrogens is 541 g/mol. The Balaban J connectivity index is 2.08. The monoisotopic (exact) mass is 573 g/mol. The van der Waals surface area contributed by atoms with Crippen molar-refractivity contribution in [3.05, 3.63) is 101 Å². The molecule has 2 amide bonds. The van der Waals surface area contributed by atoms with Crippen molar-refractivity contribution < 1.29 is 22.4 Å². The third kappa shape index (κ3) is 9.07. The van der Waals surface area contributed by atoms with E-state index >= 15 is 0 Å². The van der Waals surface area contributed by atoms with Crippen LogP contribution in [0, 0.1) is 5.82 Å². The van der Waals surface area contributed by atoms with Gasteiger partial charge in [0.25, 0.3) is 0 Å². The molecule has 0 aliphatic rings. The molecule has 3 aromatic rings. The number of carbonyl (C=O) groups excluding carboxylic acids is 2. The maximum absolute atomic E-state index is 14.0. The zero-order valence-corrected chi connectivity index (χ0v) is 24.0. The number of sulfonamides is 1. The predicted octanol–water partition coefficient (Wildman–Crippen LogP) is 4.80. The van der Waals surface area contributed by atoms with Crippen LogP contribution in [0.5, 0.6) is 0 Å². The van der Waals surface area contributed by atoms with E-state index in [0.717, 1.165) is 22.2 Å². The molecule has 208 valence electrons. The van der Waals surface area contributed by atoms with Gasteiger partial charge in [-0.05, 0) is 62.2 Å². The molecule has 1 unspecified atom stereocenters. The minimum atomic E-state index is -3.98. The first kappa shape index (κ1) is 30.1. The molecule has 0 radical (unpaired) electrons. The van der Waals surface area contributed by atoms with Crippen LogP contribution in [0.2, 0.25) is 5.02 Å². The number of anilines is 1. The van der Waals surface area contributed by atoms with E-state index < -0.39 is 45.8 Å². The van der Waals surface area contributed by atoms with Gasteiger partial charge in [0.2, 0.25) is 21.8 Å². The Labute approximate surface area is 234 Å². The molecule has 1 N–H and O–H groups in total. The molecule has 0 fully saturated rings. The van der Waals surface area contributed by atoms with Gasteiger partial charge < -0.3 is 10.2 Å². The summed E-state index contributed by atoms with van der Waals surface area (Å²) in [7, 11) is -3.98. The minimum absolute atomic E-state index is 0.00475. The van der Waals surface area contributed by atoms with Crippen LogP contribution in [0.15, 0.2) is 78.9 Å². The van der Waals surface area contributed by atoms with Gasteiger partial charge in [0, 0.05) is 23.5 Å². The minimum Gasteiger partial charge on any atom is -0.350 e. The molecule has 0 aromatic heterocycles. The zero-order valence-electron chi connectivity index (χ0n) is 22.4. The lowest BCUT2D eigenvalue weighted by Crippen LogP contribution is -2.56. The van der Waals surface area contributed by atoms with Gasteiger partial charge in [-0.3, -0.25) is 13.9 Å². The highest BCUT2D eigenvalue weighted by molar-refractivity contribution is 7.92. The van der Waals surface area contributed by atoms with Crippen molar-refractivity contribution in [1.82, 2.24) is 10.2 Å². The van der Waals surface area contributed by atoms with Crippen molar-refractivity contribution in [3.63, 3.8) is 0 Å². The number of carbonyl (C=O) groups is 2. The first-order valence-electron chi connectivity index (χ1n) is 12.4. The standard InChI is InChI=1S/C29H33ClFN3O4S/c1-29(2,3)32-28(36)26(17-21-10-6-5-7-11-21)33(19-22-12-8-13-23(30)16-22)27(35)20-34(39(4,37)38)25-15-9-14-24(31)18-25/h5-16,18,26H,17,19-20H2,1-4H3,(H,32,36). The molecule has 0 heterocycles. The lowest BCUT2D eigenvalue weighted by molar-refractivity contribution is -0.140. The van der Waals surface area contributed by atoms with E-state index in [9.17, 15) is 22.4 Å². The molecule has 10 heteroatoms. The molecular formula is C29H33ClFN3O4S. The van der Waals surface area contributed by atoms with E-state index in [1.807, 2.05) is 51.1 Å². The Hall–Kier alpha value is -3.43. The third-order valence-corrected chi connectivity index (χ3v) is 7.16. The van der Waals surface area contributed by atoms with Gasteiger partial charge in [0.05, 0.1) is 11.9 Å². The summed E-state index contributed by atoms with van der Waals surface area (Å²) in [5.74, 6) is -1.66. The van der Waals surface area contributed by atoms with Crippen LogP contribution < -0.4 is 9.62 Å². The number of nitrogens with zero attached hydrogens (tertiary/aromatic N) is 2. The van der Waals surface area contributed by atoms with E-state index in [1.165, 1.54) is 23.1 Å². The van der Waals surface area contributed by atoms with Gasteiger partial charge in [-0.25, -0.2) is 12.8 Å². The maximum atomic E-state index is 14.0. The summed E-state index contributed by atoms with van der Waals surface area (Å²) >= 11 is 6.20. The van der Waals surface area contributed by atoms with E-state index in [0.29, 0.717) is 10.6 Å². The van der Waals surface area contributed by atoms with Crippen LogP contribution in [-0.4, -0.2) is 49.5 Å². The largest absolute Gasteiger partial charge is 0.350 e. The molecule has 0 saturated carbocycles. The molecule has 0 spiro atoms. The highest BCUT2D eigenvalue weighted by Gasteiger charge is 2.34. The average molecular weight is 574 g/mol. The zero-order chi connectivity index (χ0) is 28.8. The van der Waals surface area contributed by atoms with Gasteiger partial charge in [-0.2, -0.15) is 0 Å². The summed E-state index contributed by atoms with van der Waals surface area (Å²) in [6, 6.07) is 20.2. The highest BCUT2D eigenvalue weighted by atomic mass is 35.5. The van der Waals surface area contributed by atoms with Crippen molar-refractivity contribution in [2.24, 2.45) is 0 Å². The van der Waals surface area contributed by atoms with Crippen molar-refractivity contribution in [3.8, 4) is 0 Å². The van der Waals surface area contributed by atoms with Crippen LogP contribution in [0.25, 0.3) is 0 Å². The summed E-state index contributed by atoms with van der Waals surface area (Å²) < 4.78 is 40.3. The lowest BCUT2D eigenvalue weighted by atomic mass is 10.0. The number of amides is 2. The fourth-order valence-electron chi connectivity index (χ4n) is 4.08. The molecule has 0 aliphatic carbocycles. The van der Waals surface area contributed by atoms with Crippen LogP contribution in [0.3, 0.4) is 0 Å². The summed E-state index contributed by atoms with van der Waals surface area (Å²) in [6.07, 6.45) is 1.13. The Kier molecular flexibility index (Phi) is 9.74. The normalized spacial score (nSPS) is 12.5. The van der Waals surface area contributed by atoms with E-state index in [4.69, 9.17) is 11.6 Å². The predicted molar refractivity (Wildman–Crippen MR) is 152 cm³/mol. The highest BCUT2D eigenvalue weighted by Crippen LogP contribution is 2.22.